The Balaban J connectivity index is 2.14. The van der Waals surface area contributed by atoms with E-state index in [4.69, 9.17) is 4.74 Å². The number of likely N-dealkylation sites (N-methyl/N-ethyl adjacent to an activating group) is 1. The van der Waals surface area contributed by atoms with Gasteiger partial charge in [-0.05, 0) is 50.7 Å². The van der Waals surface area contributed by atoms with Gasteiger partial charge in [0.05, 0.1) is 18.2 Å². The van der Waals surface area contributed by atoms with Gasteiger partial charge in [0.2, 0.25) is 0 Å². The van der Waals surface area contributed by atoms with E-state index in [9.17, 15) is 0 Å². The minimum absolute atomic E-state index is 0.346. The highest BCUT2D eigenvalue weighted by atomic mass is 32.1. The first kappa shape index (κ1) is 11.1. The number of thiophene rings is 1. The Labute approximate surface area is 95.6 Å². The molecule has 1 aliphatic heterocycles. The third-order valence-corrected chi connectivity index (χ3v) is 4.04. The molecule has 1 saturated heterocycles. The fourth-order valence-corrected chi connectivity index (χ4v) is 3.09. The first-order valence-electron chi connectivity index (χ1n) is 5.59. The number of hydrogen-bond donors (Lipinski definition) is 1. The van der Waals surface area contributed by atoms with Gasteiger partial charge in [-0.1, -0.05) is 0 Å². The number of ether oxygens (including phenoxy) is 1. The zero-order valence-corrected chi connectivity index (χ0v) is 10.4. The summed E-state index contributed by atoms with van der Waals surface area (Å²) in [6.45, 7) is 4.34. The lowest BCUT2D eigenvalue weighted by molar-refractivity contribution is 0.0333. The van der Waals surface area contributed by atoms with Crippen molar-refractivity contribution in [3.63, 3.8) is 0 Å². The molecule has 1 aliphatic rings. The van der Waals surface area contributed by atoms with Crippen molar-refractivity contribution in [1.82, 2.24) is 5.32 Å². The Hall–Kier alpha value is -0.380. The van der Waals surface area contributed by atoms with Crippen molar-refractivity contribution in [2.75, 3.05) is 7.05 Å². The van der Waals surface area contributed by atoms with Crippen molar-refractivity contribution in [2.45, 2.75) is 44.9 Å². The first-order chi connectivity index (χ1) is 7.22. The van der Waals surface area contributed by atoms with Gasteiger partial charge in [0, 0.05) is 4.88 Å². The molecule has 0 bridgehead atoms. The van der Waals surface area contributed by atoms with E-state index in [1.807, 2.05) is 18.4 Å². The second kappa shape index (κ2) is 4.64. The summed E-state index contributed by atoms with van der Waals surface area (Å²) in [4.78, 5) is 1.40. The molecular weight excluding hydrogens is 206 g/mol. The zero-order valence-electron chi connectivity index (χ0n) is 9.62. The third kappa shape index (κ3) is 2.25. The Morgan fingerprint density at radius 3 is 2.80 bits per heavy atom. The maximum atomic E-state index is 5.94. The van der Waals surface area contributed by atoms with Gasteiger partial charge in [-0.15, -0.1) is 11.3 Å². The molecule has 0 aromatic carbocycles. The lowest BCUT2D eigenvalue weighted by Crippen LogP contribution is -2.29. The van der Waals surface area contributed by atoms with Gasteiger partial charge < -0.3 is 10.1 Å². The molecule has 1 aromatic rings. The fourth-order valence-electron chi connectivity index (χ4n) is 2.34. The lowest BCUT2D eigenvalue weighted by atomic mass is 10.0. The molecule has 0 spiro atoms. The molecule has 1 fully saturated rings. The maximum absolute atomic E-state index is 5.94. The molecule has 2 rings (SSSR count). The molecule has 2 nitrogen and oxygen atoms in total. The second-order valence-electron chi connectivity index (χ2n) is 4.26. The van der Waals surface area contributed by atoms with Gasteiger partial charge in [-0.2, -0.15) is 0 Å². The molecule has 0 amide bonds. The van der Waals surface area contributed by atoms with Gasteiger partial charge in [0.25, 0.3) is 0 Å². The minimum atomic E-state index is 0.346. The van der Waals surface area contributed by atoms with Crippen LogP contribution in [0.25, 0.3) is 0 Å². The maximum Gasteiger partial charge on any atom is 0.0774 e. The van der Waals surface area contributed by atoms with Crippen molar-refractivity contribution in [2.24, 2.45) is 0 Å². The zero-order chi connectivity index (χ0) is 10.8. The van der Waals surface area contributed by atoms with Gasteiger partial charge in [0.15, 0.2) is 0 Å². The highest BCUT2D eigenvalue weighted by Crippen LogP contribution is 2.32. The predicted molar refractivity (Wildman–Crippen MR) is 64.4 cm³/mol. The molecule has 3 atom stereocenters. The summed E-state index contributed by atoms with van der Waals surface area (Å²) in [6.07, 6.45) is 3.12. The van der Waals surface area contributed by atoms with E-state index in [0.717, 1.165) is 0 Å². The number of hydrogen-bond acceptors (Lipinski definition) is 3. The summed E-state index contributed by atoms with van der Waals surface area (Å²) in [5.41, 5.74) is 1.40. The molecule has 3 heteroatoms. The van der Waals surface area contributed by atoms with E-state index >= 15 is 0 Å². The fraction of sp³-hybridized carbons (Fsp3) is 0.667. The monoisotopic (exact) mass is 225 g/mol. The molecule has 84 valence electrons. The number of nitrogens with one attached hydrogen (secondary N) is 1. The quantitative estimate of drug-likeness (QED) is 0.854. The average molecular weight is 225 g/mol. The summed E-state index contributed by atoms with van der Waals surface area (Å²) >= 11 is 1.81. The summed E-state index contributed by atoms with van der Waals surface area (Å²) in [6, 6.07) is 2.58. The largest absolute Gasteiger partial charge is 0.373 e. The van der Waals surface area contributed by atoms with Gasteiger partial charge >= 0.3 is 0 Å². The van der Waals surface area contributed by atoms with Crippen LogP contribution in [-0.2, 0) is 4.74 Å². The van der Waals surface area contributed by atoms with Crippen LogP contribution in [0.15, 0.2) is 11.4 Å². The van der Waals surface area contributed by atoms with E-state index in [-0.39, 0.29) is 0 Å². The molecular formula is C12H19NOS. The SMILES string of the molecule is CNC(c1ccsc1C)C1CCC(C)O1. The summed E-state index contributed by atoms with van der Waals surface area (Å²) in [5.74, 6) is 0. The lowest BCUT2D eigenvalue weighted by Gasteiger charge is -2.23. The Kier molecular flexibility index (Phi) is 3.44. The first-order valence-corrected chi connectivity index (χ1v) is 6.47. The van der Waals surface area contributed by atoms with Crippen LogP contribution in [0.5, 0.6) is 0 Å². The van der Waals surface area contributed by atoms with Crippen LogP contribution in [0.1, 0.15) is 36.2 Å². The molecule has 1 aromatic heterocycles. The van der Waals surface area contributed by atoms with Gasteiger partial charge in [-0.25, -0.2) is 0 Å². The van der Waals surface area contributed by atoms with E-state index in [1.54, 1.807) is 0 Å². The van der Waals surface area contributed by atoms with Crippen molar-refractivity contribution < 1.29 is 4.74 Å². The van der Waals surface area contributed by atoms with Crippen LogP contribution in [0.2, 0.25) is 0 Å². The van der Waals surface area contributed by atoms with Crippen LogP contribution in [0, 0.1) is 6.92 Å². The Bertz CT molecular complexity index is 323. The van der Waals surface area contributed by atoms with Crippen molar-refractivity contribution >= 4 is 11.3 Å². The molecule has 0 saturated carbocycles. The normalized spacial score (nSPS) is 28.2. The van der Waals surface area contributed by atoms with Crippen LogP contribution in [0.3, 0.4) is 0 Å². The van der Waals surface area contributed by atoms with Crippen molar-refractivity contribution in [3.05, 3.63) is 21.9 Å². The van der Waals surface area contributed by atoms with Crippen molar-refractivity contribution in [3.8, 4) is 0 Å². The van der Waals surface area contributed by atoms with E-state index in [1.165, 1.54) is 23.3 Å². The number of aryl methyl sites for hydroxylation is 1. The van der Waals surface area contributed by atoms with Gasteiger partial charge in [0.1, 0.15) is 0 Å². The highest BCUT2D eigenvalue weighted by molar-refractivity contribution is 7.10. The summed E-state index contributed by atoms with van der Waals surface area (Å²) in [7, 11) is 2.02. The smallest absolute Gasteiger partial charge is 0.0774 e. The van der Waals surface area contributed by atoms with Crippen LogP contribution < -0.4 is 5.32 Å². The van der Waals surface area contributed by atoms with E-state index in [0.29, 0.717) is 18.2 Å². The summed E-state index contributed by atoms with van der Waals surface area (Å²) in [5, 5.41) is 5.55. The van der Waals surface area contributed by atoms with E-state index < -0.39 is 0 Å². The Morgan fingerprint density at radius 2 is 2.33 bits per heavy atom. The van der Waals surface area contributed by atoms with Crippen LogP contribution in [-0.4, -0.2) is 19.3 Å². The average Bonchev–Trinajstić information content (AvgIpc) is 2.79. The molecule has 3 unspecified atom stereocenters. The number of rotatable bonds is 3. The topological polar surface area (TPSA) is 21.3 Å². The van der Waals surface area contributed by atoms with Crippen molar-refractivity contribution in [1.29, 1.82) is 0 Å². The molecule has 0 aliphatic carbocycles. The second-order valence-corrected chi connectivity index (χ2v) is 5.38. The highest BCUT2D eigenvalue weighted by Gasteiger charge is 2.30. The minimum Gasteiger partial charge on any atom is -0.373 e. The molecule has 1 N–H and O–H groups in total. The Morgan fingerprint density at radius 1 is 1.53 bits per heavy atom. The van der Waals surface area contributed by atoms with E-state index in [2.05, 4.69) is 30.6 Å². The predicted octanol–water partition coefficient (Wildman–Crippen LogP) is 2.88. The molecule has 0 radical (unpaired) electrons. The van der Waals surface area contributed by atoms with Crippen LogP contribution in [0.4, 0.5) is 0 Å². The third-order valence-electron chi connectivity index (χ3n) is 3.18. The standard InChI is InChI=1S/C12H19NOS/c1-8-4-5-11(14-8)12(13-3)10-6-7-15-9(10)2/h6-8,11-13H,4-5H2,1-3H3. The summed E-state index contributed by atoms with van der Waals surface area (Å²) < 4.78 is 5.94. The van der Waals surface area contributed by atoms with Crippen LogP contribution >= 0.6 is 11.3 Å². The molecule has 15 heavy (non-hydrogen) atoms. The molecule has 2 heterocycles. The van der Waals surface area contributed by atoms with Gasteiger partial charge in [-0.3, -0.25) is 0 Å².